The van der Waals surface area contributed by atoms with Gasteiger partial charge in [0, 0.05) is 48.8 Å². The van der Waals surface area contributed by atoms with Crippen LogP contribution in [0.3, 0.4) is 0 Å². The first-order valence-corrected chi connectivity index (χ1v) is 12.8. The van der Waals surface area contributed by atoms with Gasteiger partial charge in [0.1, 0.15) is 18.0 Å². The second-order valence-electron chi connectivity index (χ2n) is 10.9. The molecule has 1 N–H and O–H groups in total. The van der Waals surface area contributed by atoms with E-state index in [2.05, 4.69) is 77.2 Å². The Balaban J connectivity index is 1.38. The van der Waals surface area contributed by atoms with Crippen LogP contribution in [0.1, 0.15) is 57.0 Å². The van der Waals surface area contributed by atoms with E-state index in [1.807, 2.05) is 0 Å². The minimum Gasteiger partial charge on any atom is -0.492 e. The van der Waals surface area contributed by atoms with Crippen molar-refractivity contribution in [2.24, 2.45) is 5.92 Å². The van der Waals surface area contributed by atoms with Crippen molar-refractivity contribution >= 4 is 10.9 Å². The number of halogens is 1. The lowest BCUT2D eigenvalue weighted by atomic mass is 9.87. The molecule has 0 radical (unpaired) electrons. The zero-order chi connectivity index (χ0) is 23.9. The Labute approximate surface area is 203 Å². The number of H-pyrrole nitrogens is 1. The topological polar surface area (TPSA) is 31.5 Å². The summed E-state index contributed by atoms with van der Waals surface area (Å²) in [5.74, 6) is 1.76. The number of hydrogen-bond donors (Lipinski definition) is 1. The Kier molecular flexibility index (Phi) is 6.43. The van der Waals surface area contributed by atoms with Gasteiger partial charge in [0.2, 0.25) is 0 Å². The minimum atomic E-state index is -1.27. The molecular formula is C29H38FN3O. The lowest BCUT2D eigenvalue weighted by Gasteiger charge is -2.43. The van der Waals surface area contributed by atoms with E-state index in [0.717, 1.165) is 30.1 Å². The van der Waals surface area contributed by atoms with Gasteiger partial charge >= 0.3 is 0 Å². The highest BCUT2D eigenvalue weighted by atomic mass is 19.1. The standard InChI is InChI=1S/C29H38FN3O/c1-5-21-17-32(18-21)14-15-34-23-12-10-22(11-13-23)28-27-25(24-8-6-7-9-26(24)31-27)16-20(2)33(28)19-29(3,4)30/h6-13,20-21,28,31H,5,14-19H2,1-4H3/t20-,28-/m1/s1. The summed E-state index contributed by atoms with van der Waals surface area (Å²) in [6, 6.07) is 17.2. The van der Waals surface area contributed by atoms with Gasteiger partial charge in [0.05, 0.1) is 6.04 Å². The molecule has 1 fully saturated rings. The Hall–Kier alpha value is -2.37. The van der Waals surface area contributed by atoms with Gasteiger partial charge < -0.3 is 9.72 Å². The van der Waals surface area contributed by atoms with Crippen molar-refractivity contribution in [3.8, 4) is 5.75 Å². The first kappa shape index (κ1) is 23.4. The van der Waals surface area contributed by atoms with E-state index >= 15 is 0 Å². The average Bonchev–Trinajstić information content (AvgIpc) is 3.13. The SMILES string of the molecule is CCC1CN(CCOc2ccc([C@@H]3c4[nH]c5ccccc5c4C[C@@H](C)N3CC(C)(C)F)cc2)C1. The molecule has 3 aromatic rings. The van der Waals surface area contributed by atoms with E-state index in [1.54, 1.807) is 13.8 Å². The van der Waals surface area contributed by atoms with Gasteiger partial charge in [-0.25, -0.2) is 4.39 Å². The number of ether oxygens (including phenoxy) is 1. The van der Waals surface area contributed by atoms with Gasteiger partial charge in [-0.1, -0.05) is 43.7 Å². The second-order valence-corrected chi connectivity index (χ2v) is 10.9. The lowest BCUT2D eigenvalue weighted by molar-refractivity contribution is 0.0667. The molecule has 0 aliphatic carbocycles. The van der Waals surface area contributed by atoms with Crippen LogP contribution in [0, 0.1) is 5.92 Å². The smallest absolute Gasteiger partial charge is 0.119 e. The molecule has 5 heteroatoms. The van der Waals surface area contributed by atoms with Crippen LogP contribution >= 0.6 is 0 Å². The van der Waals surface area contributed by atoms with Crippen LogP contribution in [0.2, 0.25) is 0 Å². The predicted octanol–water partition coefficient (Wildman–Crippen LogP) is 5.97. The Morgan fingerprint density at radius 2 is 1.82 bits per heavy atom. The van der Waals surface area contributed by atoms with E-state index < -0.39 is 5.67 Å². The van der Waals surface area contributed by atoms with Crippen molar-refractivity contribution in [2.75, 3.05) is 32.8 Å². The first-order chi connectivity index (χ1) is 16.3. The van der Waals surface area contributed by atoms with Crippen LogP contribution in [-0.4, -0.2) is 59.3 Å². The fraction of sp³-hybridized carbons (Fsp3) is 0.517. The largest absolute Gasteiger partial charge is 0.492 e. The molecule has 34 heavy (non-hydrogen) atoms. The molecule has 0 unspecified atom stereocenters. The summed E-state index contributed by atoms with van der Waals surface area (Å²) >= 11 is 0. The lowest BCUT2D eigenvalue weighted by Crippen LogP contribution is -2.47. The maximum atomic E-state index is 14.9. The molecule has 0 bridgehead atoms. The molecule has 2 aliphatic heterocycles. The second kappa shape index (κ2) is 9.35. The quantitative estimate of drug-likeness (QED) is 0.446. The molecule has 2 atom stereocenters. The minimum absolute atomic E-state index is 0.0118. The van der Waals surface area contributed by atoms with Crippen molar-refractivity contribution in [3.63, 3.8) is 0 Å². The summed E-state index contributed by atoms with van der Waals surface area (Å²) in [6.07, 6.45) is 2.19. The Morgan fingerprint density at radius 3 is 2.53 bits per heavy atom. The number of aromatic amines is 1. The van der Waals surface area contributed by atoms with E-state index in [9.17, 15) is 4.39 Å². The van der Waals surface area contributed by atoms with Gasteiger partial charge in [0.15, 0.2) is 0 Å². The number of nitrogens with one attached hydrogen (secondary N) is 1. The number of rotatable bonds is 8. The maximum Gasteiger partial charge on any atom is 0.119 e. The number of para-hydroxylation sites is 1. The van der Waals surface area contributed by atoms with Crippen LogP contribution in [-0.2, 0) is 6.42 Å². The van der Waals surface area contributed by atoms with Crippen molar-refractivity contribution < 1.29 is 9.13 Å². The summed E-state index contributed by atoms with van der Waals surface area (Å²) in [7, 11) is 0. The number of nitrogens with zero attached hydrogens (tertiary/aromatic N) is 2. The molecular weight excluding hydrogens is 425 g/mol. The molecule has 0 spiro atoms. The molecule has 1 saturated heterocycles. The van der Waals surface area contributed by atoms with E-state index in [4.69, 9.17) is 4.74 Å². The molecule has 2 aromatic carbocycles. The van der Waals surface area contributed by atoms with E-state index in [0.29, 0.717) is 13.2 Å². The molecule has 0 saturated carbocycles. The number of hydrogen-bond acceptors (Lipinski definition) is 3. The van der Waals surface area contributed by atoms with Gasteiger partial charge in [-0.2, -0.15) is 0 Å². The molecule has 3 heterocycles. The highest BCUT2D eigenvalue weighted by Crippen LogP contribution is 2.41. The van der Waals surface area contributed by atoms with Crippen LogP contribution in [0.5, 0.6) is 5.75 Å². The van der Waals surface area contributed by atoms with Crippen molar-refractivity contribution in [1.29, 1.82) is 0 Å². The van der Waals surface area contributed by atoms with E-state index in [-0.39, 0.29) is 12.1 Å². The highest BCUT2D eigenvalue weighted by molar-refractivity contribution is 5.85. The van der Waals surface area contributed by atoms with Crippen LogP contribution < -0.4 is 4.74 Å². The van der Waals surface area contributed by atoms with Gasteiger partial charge in [-0.15, -0.1) is 0 Å². The third kappa shape index (κ3) is 4.73. The summed E-state index contributed by atoms with van der Waals surface area (Å²) < 4.78 is 20.9. The first-order valence-electron chi connectivity index (χ1n) is 12.8. The number of aromatic nitrogens is 1. The summed E-state index contributed by atoms with van der Waals surface area (Å²) in [4.78, 5) is 8.46. The average molecular weight is 464 g/mol. The van der Waals surface area contributed by atoms with Gasteiger partial charge in [0.25, 0.3) is 0 Å². The molecule has 5 rings (SSSR count). The molecule has 4 nitrogen and oxygen atoms in total. The summed E-state index contributed by atoms with van der Waals surface area (Å²) in [5, 5.41) is 1.28. The van der Waals surface area contributed by atoms with E-state index in [1.165, 1.54) is 41.7 Å². The van der Waals surface area contributed by atoms with Crippen LogP contribution in [0.25, 0.3) is 10.9 Å². The Bertz CT molecular complexity index is 1110. The maximum absolute atomic E-state index is 14.9. The number of likely N-dealkylation sites (tertiary alicyclic amines) is 1. The third-order valence-corrected chi connectivity index (χ3v) is 7.56. The number of benzene rings is 2. The van der Waals surface area contributed by atoms with Gasteiger partial charge in [-0.3, -0.25) is 9.80 Å². The summed E-state index contributed by atoms with van der Waals surface area (Å²) in [5.41, 5.74) is 3.61. The van der Waals surface area contributed by atoms with Crippen molar-refractivity contribution in [3.05, 3.63) is 65.4 Å². The van der Waals surface area contributed by atoms with Crippen molar-refractivity contribution in [1.82, 2.24) is 14.8 Å². The summed E-state index contributed by atoms with van der Waals surface area (Å²) in [6.45, 7) is 12.3. The normalized spacial score (nSPS) is 22.0. The zero-order valence-corrected chi connectivity index (χ0v) is 21.0. The van der Waals surface area contributed by atoms with Crippen LogP contribution in [0.4, 0.5) is 4.39 Å². The number of alkyl halides is 1. The fourth-order valence-electron chi connectivity index (χ4n) is 5.70. The molecule has 0 amide bonds. The van der Waals surface area contributed by atoms with Crippen molar-refractivity contribution in [2.45, 2.75) is 58.3 Å². The third-order valence-electron chi connectivity index (χ3n) is 7.56. The predicted molar refractivity (Wildman–Crippen MR) is 137 cm³/mol. The highest BCUT2D eigenvalue weighted by Gasteiger charge is 2.38. The molecule has 182 valence electrons. The van der Waals surface area contributed by atoms with Crippen LogP contribution in [0.15, 0.2) is 48.5 Å². The van der Waals surface area contributed by atoms with Gasteiger partial charge in [-0.05, 0) is 62.4 Å². The monoisotopic (exact) mass is 463 g/mol. The fourth-order valence-corrected chi connectivity index (χ4v) is 5.70. The molecule has 2 aliphatic rings. The Morgan fingerprint density at radius 1 is 1.09 bits per heavy atom. The zero-order valence-electron chi connectivity index (χ0n) is 21.0. The molecule has 1 aromatic heterocycles. The number of fused-ring (bicyclic) bond motifs is 3.